The lowest BCUT2D eigenvalue weighted by Crippen LogP contribution is -2.40. The summed E-state index contributed by atoms with van der Waals surface area (Å²) in [6.45, 7) is 6.89. The Hall–Kier alpha value is -1.10. The third-order valence-electron chi connectivity index (χ3n) is 4.28. The van der Waals surface area contributed by atoms with Crippen molar-refractivity contribution in [1.29, 1.82) is 0 Å². The van der Waals surface area contributed by atoms with Crippen molar-refractivity contribution in [3.05, 3.63) is 34.9 Å². The molecule has 1 aliphatic heterocycles. The Balaban J connectivity index is 1.67. The van der Waals surface area contributed by atoms with Crippen LogP contribution in [-0.2, 0) is 16.1 Å². The van der Waals surface area contributed by atoms with E-state index in [1.54, 1.807) is 0 Å². The van der Waals surface area contributed by atoms with Gasteiger partial charge in [-0.3, -0.25) is 9.69 Å². The largest absolute Gasteiger partial charge is 0.382 e. The van der Waals surface area contributed by atoms with E-state index in [-0.39, 0.29) is 11.8 Å². The number of ether oxygens (including phenoxy) is 1. The zero-order valence-corrected chi connectivity index (χ0v) is 14.6. The number of carbonyl (C=O) groups excluding carboxylic acids is 1. The summed E-state index contributed by atoms with van der Waals surface area (Å²) in [6, 6.07) is 7.97. The Morgan fingerprint density at radius 3 is 2.78 bits per heavy atom. The molecule has 23 heavy (non-hydrogen) atoms. The summed E-state index contributed by atoms with van der Waals surface area (Å²) in [7, 11) is 0. The van der Waals surface area contributed by atoms with Gasteiger partial charge in [0, 0.05) is 37.2 Å². The Kier molecular flexibility index (Phi) is 7.86. The van der Waals surface area contributed by atoms with Crippen molar-refractivity contribution in [2.24, 2.45) is 5.92 Å². The number of likely N-dealkylation sites (tertiary alicyclic amines) is 1. The first-order valence-corrected chi connectivity index (χ1v) is 8.89. The van der Waals surface area contributed by atoms with Crippen LogP contribution in [0, 0.1) is 5.92 Å². The fourth-order valence-electron chi connectivity index (χ4n) is 2.90. The molecule has 0 aromatic heterocycles. The van der Waals surface area contributed by atoms with Crippen molar-refractivity contribution in [3.8, 4) is 0 Å². The van der Waals surface area contributed by atoms with Gasteiger partial charge in [0.1, 0.15) is 0 Å². The molecule has 0 atom stereocenters. The van der Waals surface area contributed by atoms with E-state index in [1.165, 1.54) is 0 Å². The molecule has 0 unspecified atom stereocenters. The molecule has 2 rings (SSSR count). The summed E-state index contributed by atoms with van der Waals surface area (Å²) in [4.78, 5) is 14.5. The average Bonchev–Trinajstić information content (AvgIpc) is 2.57. The average molecular weight is 339 g/mol. The highest BCUT2D eigenvalue weighted by Gasteiger charge is 2.24. The monoisotopic (exact) mass is 338 g/mol. The lowest BCUT2D eigenvalue weighted by atomic mass is 9.95. The second-order valence-corrected chi connectivity index (χ2v) is 6.39. The Bertz CT molecular complexity index is 488. The number of halogens is 1. The van der Waals surface area contributed by atoms with Gasteiger partial charge in [0.15, 0.2) is 0 Å². The van der Waals surface area contributed by atoms with Gasteiger partial charge in [-0.15, -0.1) is 0 Å². The smallest absolute Gasteiger partial charge is 0.223 e. The minimum atomic E-state index is 0.143. The summed E-state index contributed by atoms with van der Waals surface area (Å²) < 4.78 is 5.27. The highest BCUT2D eigenvalue weighted by Crippen LogP contribution is 2.22. The normalized spacial score (nSPS) is 16.4. The van der Waals surface area contributed by atoms with Crippen LogP contribution in [0.5, 0.6) is 0 Å². The topological polar surface area (TPSA) is 41.6 Å². The molecule has 0 aliphatic carbocycles. The van der Waals surface area contributed by atoms with Crippen molar-refractivity contribution in [2.75, 3.05) is 32.8 Å². The van der Waals surface area contributed by atoms with E-state index in [1.807, 2.05) is 25.1 Å². The second kappa shape index (κ2) is 9.91. The number of hydrogen-bond donors (Lipinski definition) is 1. The van der Waals surface area contributed by atoms with Crippen LogP contribution in [-0.4, -0.2) is 43.7 Å². The first-order valence-electron chi connectivity index (χ1n) is 8.52. The summed E-state index contributed by atoms with van der Waals surface area (Å²) in [5.74, 6) is 0.337. The Morgan fingerprint density at radius 2 is 2.09 bits per heavy atom. The lowest BCUT2D eigenvalue weighted by molar-refractivity contribution is -0.126. The van der Waals surface area contributed by atoms with E-state index in [0.29, 0.717) is 13.2 Å². The van der Waals surface area contributed by atoms with Crippen molar-refractivity contribution < 1.29 is 9.53 Å². The number of hydrogen-bond acceptors (Lipinski definition) is 3. The standard InChI is InChI=1S/C18H27ClN2O2/c1-2-23-13-5-10-20-18(22)15-8-11-21(12-9-15)14-16-6-3-4-7-17(16)19/h3-4,6-7,15H,2,5,8-14H2,1H3,(H,20,22). The van der Waals surface area contributed by atoms with E-state index >= 15 is 0 Å². The number of nitrogens with zero attached hydrogens (tertiary/aromatic N) is 1. The Morgan fingerprint density at radius 1 is 1.35 bits per heavy atom. The van der Waals surface area contributed by atoms with Crippen LogP contribution in [0.25, 0.3) is 0 Å². The molecule has 1 aliphatic rings. The van der Waals surface area contributed by atoms with Crippen LogP contribution in [0.15, 0.2) is 24.3 Å². The highest BCUT2D eigenvalue weighted by atomic mass is 35.5. The fraction of sp³-hybridized carbons (Fsp3) is 0.611. The van der Waals surface area contributed by atoms with E-state index in [4.69, 9.17) is 16.3 Å². The zero-order valence-electron chi connectivity index (χ0n) is 13.9. The van der Waals surface area contributed by atoms with Gasteiger partial charge in [-0.1, -0.05) is 29.8 Å². The van der Waals surface area contributed by atoms with Gasteiger partial charge in [0.05, 0.1) is 0 Å². The highest BCUT2D eigenvalue weighted by molar-refractivity contribution is 6.31. The molecule has 1 aromatic carbocycles. The quantitative estimate of drug-likeness (QED) is 0.741. The molecule has 5 heteroatoms. The molecule has 4 nitrogen and oxygen atoms in total. The number of piperidine rings is 1. The first-order chi connectivity index (χ1) is 11.2. The maximum absolute atomic E-state index is 12.2. The zero-order chi connectivity index (χ0) is 16.5. The molecule has 1 heterocycles. The minimum absolute atomic E-state index is 0.143. The van der Waals surface area contributed by atoms with Gasteiger partial charge >= 0.3 is 0 Å². The third kappa shape index (κ3) is 6.13. The van der Waals surface area contributed by atoms with Gasteiger partial charge < -0.3 is 10.1 Å². The first kappa shape index (κ1) is 18.2. The number of carbonyl (C=O) groups is 1. The molecule has 128 valence electrons. The van der Waals surface area contributed by atoms with Crippen molar-refractivity contribution in [3.63, 3.8) is 0 Å². The van der Waals surface area contributed by atoms with Crippen molar-refractivity contribution >= 4 is 17.5 Å². The van der Waals surface area contributed by atoms with Gasteiger partial charge in [0.25, 0.3) is 0 Å². The number of rotatable bonds is 8. The maximum Gasteiger partial charge on any atom is 0.223 e. The van der Waals surface area contributed by atoms with Gasteiger partial charge in [-0.05, 0) is 50.9 Å². The molecule has 1 saturated heterocycles. The fourth-order valence-corrected chi connectivity index (χ4v) is 3.09. The summed E-state index contributed by atoms with van der Waals surface area (Å²) in [6.07, 6.45) is 2.72. The van der Waals surface area contributed by atoms with Gasteiger partial charge in [-0.2, -0.15) is 0 Å². The molecular weight excluding hydrogens is 312 g/mol. The molecule has 1 aromatic rings. The van der Waals surface area contributed by atoms with Gasteiger partial charge in [-0.25, -0.2) is 0 Å². The van der Waals surface area contributed by atoms with Crippen molar-refractivity contribution in [1.82, 2.24) is 10.2 Å². The molecule has 1 N–H and O–H groups in total. The SMILES string of the molecule is CCOCCCNC(=O)C1CCN(Cc2ccccc2Cl)CC1. The summed E-state index contributed by atoms with van der Waals surface area (Å²) in [5.41, 5.74) is 1.16. The molecule has 0 spiro atoms. The number of amides is 1. The predicted octanol–water partition coefficient (Wildman–Crippen LogP) is 3.09. The minimum Gasteiger partial charge on any atom is -0.382 e. The Labute approximate surface area is 144 Å². The van der Waals surface area contributed by atoms with E-state index in [2.05, 4.69) is 16.3 Å². The van der Waals surface area contributed by atoms with Gasteiger partial charge in [0.2, 0.25) is 5.91 Å². The van der Waals surface area contributed by atoms with E-state index in [9.17, 15) is 4.79 Å². The van der Waals surface area contributed by atoms with Crippen LogP contribution in [0.4, 0.5) is 0 Å². The number of benzene rings is 1. The maximum atomic E-state index is 12.2. The predicted molar refractivity (Wildman–Crippen MR) is 93.6 cm³/mol. The molecule has 0 saturated carbocycles. The van der Waals surface area contributed by atoms with Crippen molar-refractivity contribution in [2.45, 2.75) is 32.7 Å². The summed E-state index contributed by atoms with van der Waals surface area (Å²) in [5, 5.41) is 3.85. The molecular formula is C18H27ClN2O2. The molecule has 0 radical (unpaired) electrons. The van der Waals surface area contributed by atoms with Crippen LogP contribution in [0.3, 0.4) is 0 Å². The molecule has 0 bridgehead atoms. The van der Waals surface area contributed by atoms with Crippen LogP contribution in [0.2, 0.25) is 5.02 Å². The second-order valence-electron chi connectivity index (χ2n) is 5.98. The number of nitrogens with one attached hydrogen (secondary N) is 1. The van der Waals surface area contributed by atoms with E-state index < -0.39 is 0 Å². The van der Waals surface area contributed by atoms with Crippen LogP contribution >= 0.6 is 11.6 Å². The van der Waals surface area contributed by atoms with E-state index in [0.717, 1.165) is 56.1 Å². The molecule has 1 amide bonds. The lowest BCUT2D eigenvalue weighted by Gasteiger charge is -2.31. The third-order valence-corrected chi connectivity index (χ3v) is 4.65. The molecule has 1 fully saturated rings. The van der Waals surface area contributed by atoms with Crippen LogP contribution in [0.1, 0.15) is 31.7 Å². The van der Waals surface area contributed by atoms with Crippen LogP contribution < -0.4 is 5.32 Å². The summed E-state index contributed by atoms with van der Waals surface area (Å²) >= 11 is 6.21.